The molecule has 3 aliphatic carbocycles. The maximum atomic E-state index is 13.5. The van der Waals surface area contributed by atoms with Crippen LogP contribution in [0.3, 0.4) is 0 Å². The first kappa shape index (κ1) is 130. The molecule has 44 heteroatoms. The molecule has 3 aliphatic heterocycles. The number of carboxylic acids is 1. The fourth-order valence-corrected chi connectivity index (χ4v) is 17.1. The van der Waals surface area contributed by atoms with Crippen LogP contribution in [0.4, 0.5) is 80.2 Å². The number of fused-ring (bicyclic) bond motifs is 3. The molecule has 9 aromatic rings. The van der Waals surface area contributed by atoms with E-state index >= 15 is 0 Å². The third-order valence-corrected chi connectivity index (χ3v) is 24.6. The van der Waals surface area contributed by atoms with E-state index in [-0.39, 0.29) is 66.2 Å². The van der Waals surface area contributed by atoms with Crippen molar-refractivity contribution in [2.45, 2.75) is 185 Å². The number of halogens is 19. The zero-order valence-corrected chi connectivity index (χ0v) is 87.1. The van der Waals surface area contributed by atoms with Gasteiger partial charge in [-0.2, -0.15) is 52.7 Å². The molecule has 15 rings (SSSR count). The number of hydrogen-bond donors (Lipinski definition) is 2. The number of methoxy groups -OCH3 is 4. The van der Waals surface area contributed by atoms with Gasteiger partial charge in [0.2, 0.25) is 18.3 Å². The van der Waals surface area contributed by atoms with E-state index in [4.69, 9.17) is 76.7 Å². The number of likely N-dealkylation sites (tertiary alicyclic amines) is 3. The number of aliphatic hydroxyl groups is 1. The maximum absolute atomic E-state index is 13.5. The molecule has 9 heterocycles. The molecule has 6 aliphatic rings. The van der Waals surface area contributed by atoms with Crippen LogP contribution in [0.5, 0.6) is 11.5 Å². The number of hydrogen-bond acceptors (Lipinski definition) is 20. The van der Waals surface area contributed by atoms with Crippen LogP contribution >= 0.6 is 52.2 Å². The van der Waals surface area contributed by atoms with Gasteiger partial charge in [0, 0.05) is 117 Å². The molecule has 0 bridgehead atoms. The molecule has 0 unspecified atom stereocenters. The van der Waals surface area contributed by atoms with Crippen molar-refractivity contribution in [3.8, 4) is 71.7 Å². The number of aromatic nitrogens is 6. The average Bonchev–Trinajstić information content (AvgIpc) is 0.764. The number of rotatable bonds is 20. The van der Waals surface area contributed by atoms with E-state index in [0.717, 1.165) is 97.2 Å². The molecule has 3 atom stereocenters. The molecule has 6 fully saturated rings. The second-order valence-corrected chi connectivity index (χ2v) is 37.2. The molecule has 0 radical (unpaired) electrons. The Morgan fingerprint density at radius 3 is 1.10 bits per heavy atom. The van der Waals surface area contributed by atoms with Gasteiger partial charge in [0.1, 0.15) is 33.6 Å². The van der Waals surface area contributed by atoms with Crippen molar-refractivity contribution in [1.29, 1.82) is 0 Å². The summed E-state index contributed by atoms with van der Waals surface area (Å²) in [6.07, 6.45) is 1.92. The van der Waals surface area contributed by atoms with E-state index in [0.29, 0.717) is 123 Å². The number of carboxylic acid groups (broad SMARTS) is 1. The van der Waals surface area contributed by atoms with Gasteiger partial charge >= 0.3 is 82.0 Å². The summed E-state index contributed by atoms with van der Waals surface area (Å²) >= 11 is 7.20. The Hall–Kier alpha value is -11.5. The number of terminal acetylenes is 2. The Balaban J connectivity index is 0.000000369. The molecule has 3 saturated carbocycles. The van der Waals surface area contributed by atoms with Crippen molar-refractivity contribution in [2.24, 2.45) is 16.2 Å². The molecular formula is C105H116Br2Cl2F15N9NiO15. The third kappa shape index (κ3) is 47.3. The summed E-state index contributed by atoms with van der Waals surface area (Å²) in [6.45, 7) is 6.20. The van der Waals surface area contributed by atoms with Gasteiger partial charge in [-0.15, -0.1) is 12.8 Å². The minimum atomic E-state index is -5.08. The molecule has 3 aromatic carbocycles. The van der Waals surface area contributed by atoms with E-state index in [1.165, 1.54) is 65.1 Å². The molecular weight excluding hydrogens is 2200 g/mol. The van der Waals surface area contributed by atoms with Gasteiger partial charge in [0.25, 0.3) is 0 Å². The van der Waals surface area contributed by atoms with Crippen LogP contribution in [0.2, 0.25) is 0 Å². The number of carbonyl (C=O) groups is 4. The monoisotopic (exact) mass is 2310 g/mol. The van der Waals surface area contributed by atoms with Crippen molar-refractivity contribution >= 4 is 98.3 Å². The van der Waals surface area contributed by atoms with Crippen molar-refractivity contribution in [1.82, 2.24) is 44.6 Å². The summed E-state index contributed by atoms with van der Waals surface area (Å²) in [6, 6.07) is 38.8. The fourth-order valence-electron chi connectivity index (χ4n) is 15.5. The topological polar surface area (TPSA) is 279 Å². The first-order chi connectivity index (χ1) is 70.4. The molecule has 3 saturated heterocycles. The molecule has 149 heavy (non-hydrogen) atoms. The number of aryl methyl sites for hydroxylation is 1. The number of alkyl halides is 13. The Kier molecular flexibility index (Phi) is 58.4. The van der Waals surface area contributed by atoms with Crippen molar-refractivity contribution in [2.75, 3.05) is 101 Å². The SMILES string of the molecule is C.C#CC#CC.C#CC#CC#CC.CCc1ccncc1.COCCOC.COc1ccc(COC[C@@H](OC(=O)N2CCC3(CC2)CC(Br)C3)C(F)(F)F)cc1.COc1ccc(COC[C@@H](OC(=O)N2CCC3(CC2)CC(c2ccc(F)cn2)C3)C(F)(F)F)cc1.Fc1ccc(Br)nc1.O=C(O)C(F)(F)F.O=C(O[C@H](CO)C(F)(F)F)N1CCC2(CC1)CC(c1ccc(F)cn1)C2.[Cl][Ni][Cl].c1cnc2c(c1)ccc1cccnc12. The van der Waals surface area contributed by atoms with E-state index < -0.39 is 87.1 Å². The van der Waals surface area contributed by atoms with Gasteiger partial charge in [0.15, 0.2) is 0 Å². The van der Waals surface area contributed by atoms with Gasteiger partial charge in [-0.1, -0.05) is 90.7 Å². The van der Waals surface area contributed by atoms with Crippen LogP contribution in [0.25, 0.3) is 21.8 Å². The van der Waals surface area contributed by atoms with Gasteiger partial charge < -0.3 is 67.5 Å². The number of aliphatic hydroxyl groups excluding tert-OH is 1. The zero-order chi connectivity index (χ0) is 110. The zero-order valence-electron chi connectivity index (χ0n) is 81.5. The van der Waals surface area contributed by atoms with E-state index in [9.17, 15) is 80.2 Å². The maximum Gasteiger partial charge on any atom is 0.0964 e. The van der Waals surface area contributed by atoms with Crippen molar-refractivity contribution in [3.05, 3.63) is 227 Å². The summed E-state index contributed by atoms with van der Waals surface area (Å²) in [5.74, 6) is 17.0. The molecule has 6 aromatic heterocycles. The van der Waals surface area contributed by atoms with Crippen LogP contribution in [-0.4, -0.2) is 228 Å². The van der Waals surface area contributed by atoms with E-state index in [1.807, 2.05) is 36.7 Å². The minimum Gasteiger partial charge on any atom is -0.254 e. The van der Waals surface area contributed by atoms with Crippen LogP contribution in [0, 0.1) is 93.9 Å². The van der Waals surface area contributed by atoms with Crippen LogP contribution in [-0.2, 0) is 70.2 Å². The number of pyridine rings is 6. The van der Waals surface area contributed by atoms with Gasteiger partial charge in [-0.3, -0.25) is 24.9 Å². The third-order valence-electron chi connectivity index (χ3n) is 23.4. The average molecular weight is 2320 g/mol. The van der Waals surface area contributed by atoms with Crippen molar-refractivity contribution in [3.63, 3.8) is 0 Å². The summed E-state index contributed by atoms with van der Waals surface area (Å²) in [4.78, 5) is 74.5. The predicted octanol–water partition coefficient (Wildman–Crippen LogP) is 24.3. The Labute approximate surface area is 888 Å². The second kappa shape index (κ2) is 67.0. The number of piperidine rings is 3. The Morgan fingerprint density at radius 2 is 0.832 bits per heavy atom. The van der Waals surface area contributed by atoms with Gasteiger partial charge in [-0.25, -0.2) is 37.3 Å². The number of amides is 3. The fraction of sp³-hybridized carbons (Fsp3) is 0.448. The molecule has 3 amide bonds. The standard InChI is InChI=1S/C25H28F4N2O4.C20H25BrF3NO4.C17H20F4N2O3.C12H8N2.C7H9N.C7H4.C5H3BrFN.C5H4.C4H10O2.C2HF3O2.CH4.2ClH.Ni/c1-33-20-5-2-17(3-6-20)15-34-16-22(25(27,28)29)35-23(32)31-10-8-24(9-11-31)12-18(13-24)21-7-4-19(26)14-30-21;1-27-16-4-2-14(3-5-16)12-28-13-17(20(22,23)24)29-18(26)25-8-6-19(7-9-25)10-15(21)11-19;18-12-1-2-13(22-9-12)11-7-16(8-11)3-5-23(6-4-16)15(25)26-14(10-24)17(19,20)21;1-3-9-5-6-10-4-2-8-14-12(10)11(9)13-7-1;1-2-7-3-5-8-6-4-7;1-3-5-7-6-4-2;6-5-2-1-4(7)3-8-5;1-3-5-4-2;1-5-3-4-6-2;3-2(4,5)1(6)7;;;;/h2-7,14,18,22H,8-13,15-16H2,1H3;2-5,15,17H,6-13H2,1H3;1-2,9,11,14,24H,3-8,10H2;1-8H;3-6H,2H2,1H3;1H,2H3;1-3H;1H,2H3;3-4H2,1-2H3;(H,6,7);1H4;2*1H;/q;;;;;;;;;;;;;+2/p-2/t22-;17-;14-;;;;;;;;;;;/m111.........../s1. The molecule has 24 nitrogen and oxygen atoms in total. The van der Waals surface area contributed by atoms with Crippen molar-refractivity contribution < 1.29 is 151 Å². The van der Waals surface area contributed by atoms with E-state index in [1.54, 1.807) is 107 Å². The van der Waals surface area contributed by atoms with Crippen LogP contribution < -0.4 is 9.47 Å². The predicted molar refractivity (Wildman–Crippen MR) is 536 cm³/mol. The van der Waals surface area contributed by atoms with Gasteiger partial charge in [-0.05, 0) is 267 Å². The smallest absolute Gasteiger partial charge is 0.0964 e. The minimum absolute atomic E-state index is 0. The summed E-state index contributed by atoms with van der Waals surface area (Å²) in [5, 5.41) is 18.1. The van der Waals surface area contributed by atoms with Gasteiger partial charge in [0.05, 0.1) is 90.1 Å². The van der Waals surface area contributed by atoms with Crippen LogP contribution in [0.1, 0.15) is 145 Å². The first-order valence-corrected chi connectivity index (χ1v) is 49.9. The largest absolute Gasteiger partial charge is 0.254 e. The number of benzene rings is 3. The summed E-state index contributed by atoms with van der Waals surface area (Å²) < 4.78 is 232. The number of nitrogens with zero attached hydrogens (tertiary/aromatic N) is 9. The molecule has 3 spiro atoms. The second-order valence-electron chi connectivity index (χ2n) is 33.5. The Bertz CT molecular complexity index is 5660. The number of carbonyl (C=O) groups excluding carboxylic acids is 3. The number of ether oxygens (including phenoxy) is 9. The normalized spacial score (nSPS) is 15.4. The molecule has 2 N–H and O–H groups in total. The summed E-state index contributed by atoms with van der Waals surface area (Å²) in [5.41, 5.74) is 6.70. The first-order valence-electron chi connectivity index (χ1n) is 45.4. The number of aliphatic carboxylic acids is 1. The molecule has 814 valence electrons. The van der Waals surface area contributed by atoms with Crippen LogP contribution in [0.15, 0.2) is 181 Å². The summed E-state index contributed by atoms with van der Waals surface area (Å²) in [7, 11) is 15.8. The Morgan fingerprint density at radius 1 is 0.483 bits per heavy atom. The van der Waals surface area contributed by atoms with E-state index in [2.05, 4.69) is 155 Å². The quantitative estimate of drug-likeness (QED) is 0.0105.